The maximum atomic E-state index is 12.8. The van der Waals surface area contributed by atoms with Crippen LogP contribution in [-0.4, -0.2) is 34.3 Å². The number of aromatic hydroxyl groups is 1. The Labute approximate surface area is 150 Å². The number of nitrogens with zero attached hydrogens (tertiary/aromatic N) is 1. The second kappa shape index (κ2) is 6.29. The number of allylic oxidation sites excluding steroid dienone is 2. The van der Waals surface area contributed by atoms with Crippen LogP contribution in [0.15, 0.2) is 29.8 Å². The fourth-order valence-electron chi connectivity index (χ4n) is 3.38. The van der Waals surface area contributed by atoms with E-state index >= 15 is 0 Å². The number of hydrogen-bond donors (Lipinski definition) is 1. The smallest absolute Gasteiger partial charge is 0.339 e. The predicted molar refractivity (Wildman–Crippen MR) is 94.8 cm³/mol. The molecule has 6 nitrogen and oxygen atoms in total. The van der Waals surface area contributed by atoms with Gasteiger partial charge in [0.15, 0.2) is 11.6 Å². The zero-order chi connectivity index (χ0) is 19.2. The van der Waals surface area contributed by atoms with Gasteiger partial charge in [0.25, 0.3) is 0 Å². The number of aromatic nitrogens is 1. The van der Waals surface area contributed by atoms with Crippen molar-refractivity contribution < 1.29 is 24.2 Å². The molecule has 0 fully saturated rings. The van der Waals surface area contributed by atoms with Crippen LogP contribution in [0, 0.1) is 13.8 Å². The number of rotatable bonds is 3. The van der Waals surface area contributed by atoms with Crippen molar-refractivity contribution in [3.8, 4) is 5.75 Å². The second-order valence-corrected chi connectivity index (χ2v) is 6.31. The number of esters is 1. The molecule has 1 heterocycles. The van der Waals surface area contributed by atoms with Crippen LogP contribution >= 0.6 is 0 Å². The van der Waals surface area contributed by atoms with E-state index in [9.17, 15) is 19.5 Å². The van der Waals surface area contributed by atoms with Crippen molar-refractivity contribution in [2.45, 2.75) is 20.3 Å². The number of methoxy groups -OCH3 is 1. The predicted octanol–water partition coefficient (Wildman–Crippen LogP) is 2.68. The Kier molecular flexibility index (Phi) is 4.28. The molecule has 0 atom stereocenters. The van der Waals surface area contributed by atoms with Gasteiger partial charge in [-0.3, -0.25) is 9.59 Å². The standard InChI is InChI=1S/C20H19NO5/c1-10-14(17(20(25)26-4)11(2)21(10)3)8-12-9-16(23)13-6-5-7-15(22)18(13)19(12)24/h5-7,9,22H,8H2,1-4H3. The van der Waals surface area contributed by atoms with Gasteiger partial charge >= 0.3 is 5.97 Å². The molecule has 0 radical (unpaired) electrons. The van der Waals surface area contributed by atoms with Gasteiger partial charge in [0.2, 0.25) is 0 Å². The van der Waals surface area contributed by atoms with Gasteiger partial charge < -0.3 is 14.4 Å². The van der Waals surface area contributed by atoms with E-state index in [2.05, 4.69) is 0 Å². The first-order chi connectivity index (χ1) is 12.3. The Morgan fingerprint density at radius 2 is 1.88 bits per heavy atom. The lowest BCUT2D eigenvalue weighted by molar-refractivity contribution is 0.0598. The first-order valence-corrected chi connectivity index (χ1v) is 8.12. The summed E-state index contributed by atoms with van der Waals surface area (Å²) in [5.41, 5.74) is 3.02. The van der Waals surface area contributed by atoms with E-state index in [0.29, 0.717) is 11.1 Å². The third-order valence-corrected chi connectivity index (χ3v) is 5.00. The largest absolute Gasteiger partial charge is 0.507 e. The average molecular weight is 353 g/mol. The number of benzene rings is 1. The summed E-state index contributed by atoms with van der Waals surface area (Å²) in [5, 5.41) is 10.0. The highest BCUT2D eigenvalue weighted by atomic mass is 16.5. The summed E-state index contributed by atoms with van der Waals surface area (Å²) in [7, 11) is 3.13. The number of ether oxygens (including phenoxy) is 1. The summed E-state index contributed by atoms with van der Waals surface area (Å²) in [6.45, 7) is 3.64. The van der Waals surface area contributed by atoms with E-state index in [4.69, 9.17) is 4.74 Å². The van der Waals surface area contributed by atoms with E-state index in [1.165, 1.54) is 31.4 Å². The average Bonchev–Trinajstić information content (AvgIpc) is 2.82. The normalized spacial score (nSPS) is 13.5. The number of Topliss-reactive ketones (excluding diaryl/α,β-unsaturated/α-hetero) is 1. The quantitative estimate of drug-likeness (QED) is 0.858. The lowest BCUT2D eigenvalue weighted by atomic mass is 9.85. The third-order valence-electron chi connectivity index (χ3n) is 5.00. The summed E-state index contributed by atoms with van der Waals surface area (Å²) < 4.78 is 6.72. The molecule has 1 aliphatic rings. The van der Waals surface area contributed by atoms with E-state index in [1.807, 2.05) is 18.5 Å². The number of carbonyl (C=O) groups is 3. The second-order valence-electron chi connectivity index (χ2n) is 6.31. The van der Waals surface area contributed by atoms with Gasteiger partial charge in [-0.1, -0.05) is 12.1 Å². The molecule has 0 bridgehead atoms. The molecule has 1 aliphatic carbocycles. The monoisotopic (exact) mass is 353 g/mol. The summed E-state index contributed by atoms with van der Waals surface area (Å²) >= 11 is 0. The number of ketones is 2. The SMILES string of the molecule is COC(=O)c1c(CC2=CC(=O)c3cccc(O)c3C2=O)c(C)n(C)c1C. The maximum absolute atomic E-state index is 12.8. The lowest BCUT2D eigenvalue weighted by Gasteiger charge is -2.16. The van der Waals surface area contributed by atoms with Crippen molar-refractivity contribution in [3.05, 3.63) is 63.5 Å². The van der Waals surface area contributed by atoms with Crippen molar-refractivity contribution in [1.29, 1.82) is 0 Å². The van der Waals surface area contributed by atoms with Gasteiger partial charge in [0.1, 0.15) is 5.75 Å². The van der Waals surface area contributed by atoms with Crippen LogP contribution < -0.4 is 0 Å². The van der Waals surface area contributed by atoms with Gasteiger partial charge in [-0.25, -0.2) is 4.79 Å². The molecule has 6 heteroatoms. The minimum absolute atomic E-state index is 0.0138. The molecule has 26 heavy (non-hydrogen) atoms. The Bertz CT molecular complexity index is 994. The molecule has 0 saturated heterocycles. The van der Waals surface area contributed by atoms with Gasteiger partial charge in [-0.2, -0.15) is 0 Å². The zero-order valence-corrected chi connectivity index (χ0v) is 15.0. The van der Waals surface area contributed by atoms with Crippen molar-refractivity contribution in [3.63, 3.8) is 0 Å². The highest BCUT2D eigenvalue weighted by molar-refractivity contribution is 6.25. The van der Waals surface area contributed by atoms with Crippen LogP contribution in [-0.2, 0) is 18.2 Å². The Morgan fingerprint density at radius 3 is 2.54 bits per heavy atom. The van der Waals surface area contributed by atoms with Gasteiger partial charge in [-0.05, 0) is 31.6 Å². The zero-order valence-electron chi connectivity index (χ0n) is 15.0. The van der Waals surface area contributed by atoms with E-state index in [-0.39, 0.29) is 34.7 Å². The van der Waals surface area contributed by atoms with Crippen molar-refractivity contribution in [2.24, 2.45) is 7.05 Å². The van der Waals surface area contributed by atoms with Crippen LogP contribution in [0.1, 0.15) is 48.0 Å². The van der Waals surface area contributed by atoms with Crippen LogP contribution in [0.4, 0.5) is 0 Å². The van der Waals surface area contributed by atoms with Crippen molar-refractivity contribution >= 4 is 17.5 Å². The van der Waals surface area contributed by atoms with Gasteiger partial charge in [0.05, 0.1) is 18.2 Å². The van der Waals surface area contributed by atoms with E-state index in [1.54, 1.807) is 6.92 Å². The molecule has 2 aromatic rings. The minimum Gasteiger partial charge on any atom is -0.507 e. The molecule has 1 N–H and O–H groups in total. The van der Waals surface area contributed by atoms with Gasteiger partial charge in [-0.15, -0.1) is 0 Å². The molecule has 0 spiro atoms. The van der Waals surface area contributed by atoms with E-state index < -0.39 is 11.8 Å². The molecule has 1 aromatic heterocycles. The number of carbonyl (C=O) groups excluding carboxylic acids is 3. The molecule has 0 saturated carbocycles. The molecule has 0 amide bonds. The summed E-state index contributed by atoms with van der Waals surface area (Å²) in [5.74, 6) is -1.45. The molecule has 0 unspecified atom stereocenters. The molecule has 134 valence electrons. The Balaban J connectivity index is 2.10. The fraction of sp³-hybridized carbons (Fsp3) is 0.250. The number of phenolic OH excluding ortho intramolecular Hbond substituents is 1. The van der Waals surface area contributed by atoms with Crippen LogP contribution in [0.2, 0.25) is 0 Å². The number of hydrogen-bond acceptors (Lipinski definition) is 5. The number of phenols is 1. The van der Waals surface area contributed by atoms with Gasteiger partial charge in [0, 0.05) is 36.0 Å². The Morgan fingerprint density at radius 1 is 1.19 bits per heavy atom. The number of fused-ring (bicyclic) bond motifs is 1. The van der Waals surface area contributed by atoms with E-state index in [0.717, 1.165) is 11.4 Å². The molecular formula is C20H19NO5. The first kappa shape index (κ1) is 17.7. The molecule has 1 aromatic carbocycles. The fourth-order valence-corrected chi connectivity index (χ4v) is 3.38. The van der Waals surface area contributed by atoms with Crippen molar-refractivity contribution in [2.75, 3.05) is 7.11 Å². The third kappa shape index (κ3) is 2.54. The van der Waals surface area contributed by atoms with Crippen LogP contribution in [0.3, 0.4) is 0 Å². The summed E-state index contributed by atoms with van der Waals surface area (Å²) in [6, 6.07) is 4.42. The minimum atomic E-state index is -0.486. The van der Waals surface area contributed by atoms with Crippen molar-refractivity contribution in [1.82, 2.24) is 4.57 Å². The topological polar surface area (TPSA) is 85.6 Å². The highest BCUT2D eigenvalue weighted by Gasteiger charge is 2.31. The molecular weight excluding hydrogens is 334 g/mol. The Hall–Kier alpha value is -3.15. The van der Waals surface area contributed by atoms with Crippen LogP contribution in [0.5, 0.6) is 5.75 Å². The first-order valence-electron chi connectivity index (χ1n) is 8.12. The molecule has 0 aliphatic heterocycles. The summed E-state index contributed by atoms with van der Waals surface area (Å²) in [6.07, 6.45) is 1.39. The lowest BCUT2D eigenvalue weighted by Crippen LogP contribution is -2.19. The van der Waals surface area contributed by atoms with Crippen LogP contribution in [0.25, 0.3) is 0 Å². The maximum Gasteiger partial charge on any atom is 0.339 e. The summed E-state index contributed by atoms with van der Waals surface area (Å²) in [4.78, 5) is 37.4. The highest BCUT2D eigenvalue weighted by Crippen LogP contribution is 2.32. The molecule has 3 rings (SSSR count).